The molecule has 0 aliphatic rings. The van der Waals surface area contributed by atoms with Gasteiger partial charge in [0.1, 0.15) is 11.6 Å². The Morgan fingerprint density at radius 2 is 2.12 bits per heavy atom. The Kier molecular flexibility index (Phi) is 3.77. The van der Waals surface area contributed by atoms with Crippen LogP contribution in [-0.4, -0.2) is 6.54 Å². The van der Waals surface area contributed by atoms with Crippen molar-refractivity contribution in [2.24, 2.45) is 5.73 Å². The zero-order chi connectivity index (χ0) is 12.1. The van der Waals surface area contributed by atoms with Gasteiger partial charge in [-0.1, -0.05) is 6.07 Å². The molecule has 2 rings (SSSR count). The van der Waals surface area contributed by atoms with Gasteiger partial charge in [0.25, 0.3) is 0 Å². The van der Waals surface area contributed by atoms with Crippen molar-refractivity contribution in [1.29, 1.82) is 0 Å². The van der Waals surface area contributed by atoms with Crippen LogP contribution in [0.25, 0.3) is 0 Å². The predicted octanol–water partition coefficient (Wildman–Crippen LogP) is 2.53. The second-order valence-corrected chi connectivity index (χ2v) is 3.74. The minimum absolute atomic E-state index is 0.222. The Hall–Kier alpha value is -1.81. The highest BCUT2D eigenvalue weighted by Crippen LogP contribution is 2.20. The van der Waals surface area contributed by atoms with Crippen LogP contribution in [0.3, 0.4) is 0 Å². The lowest BCUT2D eigenvalue weighted by atomic mass is 10.1. The highest BCUT2D eigenvalue weighted by atomic mass is 19.1. The van der Waals surface area contributed by atoms with Gasteiger partial charge in [-0.05, 0) is 37.2 Å². The van der Waals surface area contributed by atoms with Gasteiger partial charge in [-0.25, -0.2) is 4.39 Å². The van der Waals surface area contributed by atoms with E-state index in [0.717, 1.165) is 11.4 Å². The topological polar surface area (TPSA) is 51.2 Å². The molecule has 0 radical (unpaired) electrons. The average Bonchev–Trinajstić information content (AvgIpc) is 2.83. The van der Waals surface area contributed by atoms with Crippen LogP contribution in [0.1, 0.15) is 11.3 Å². The Morgan fingerprint density at radius 3 is 2.82 bits per heavy atom. The van der Waals surface area contributed by atoms with Gasteiger partial charge >= 0.3 is 0 Å². The largest absolute Gasteiger partial charge is 0.467 e. The smallest absolute Gasteiger partial charge is 0.128 e. The Labute approximate surface area is 99.4 Å². The van der Waals surface area contributed by atoms with E-state index in [1.807, 2.05) is 18.2 Å². The number of halogens is 1. The number of hydrogen-bond acceptors (Lipinski definition) is 3. The van der Waals surface area contributed by atoms with Gasteiger partial charge in [-0.3, -0.25) is 0 Å². The summed E-state index contributed by atoms with van der Waals surface area (Å²) in [5.74, 6) is 0.591. The molecule has 0 aliphatic heterocycles. The third-order valence-electron chi connectivity index (χ3n) is 2.55. The summed E-state index contributed by atoms with van der Waals surface area (Å²) < 4.78 is 18.8. The number of hydrogen-bond donors (Lipinski definition) is 2. The number of nitrogens with one attached hydrogen (secondary N) is 1. The fourth-order valence-corrected chi connectivity index (χ4v) is 1.72. The van der Waals surface area contributed by atoms with Gasteiger partial charge in [0.05, 0.1) is 12.8 Å². The van der Waals surface area contributed by atoms with Crippen molar-refractivity contribution >= 4 is 5.69 Å². The van der Waals surface area contributed by atoms with Gasteiger partial charge in [0.15, 0.2) is 0 Å². The molecule has 1 heterocycles. The Morgan fingerprint density at radius 1 is 1.24 bits per heavy atom. The lowest BCUT2D eigenvalue weighted by molar-refractivity contribution is 0.518. The summed E-state index contributed by atoms with van der Waals surface area (Å²) in [5, 5.41) is 3.15. The fraction of sp³-hybridized carbons (Fsp3) is 0.231. The molecule has 0 atom stereocenters. The molecule has 0 fully saturated rings. The first-order chi connectivity index (χ1) is 8.31. The Balaban J connectivity index is 2.11. The molecule has 0 saturated heterocycles. The van der Waals surface area contributed by atoms with Crippen LogP contribution in [-0.2, 0) is 13.0 Å². The third-order valence-corrected chi connectivity index (χ3v) is 2.55. The Bertz CT molecular complexity index is 468. The van der Waals surface area contributed by atoms with Crippen LogP contribution in [0, 0.1) is 5.82 Å². The molecule has 0 saturated carbocycles. The molecule has 0 spiro atoms. The molecule has 1 aromatic carbocycles. The quantitative estimate of drug-likeness (QED) is 0.835. The van der Waals surface area contributed by atoms with Crippen molar-refractivity contribution < 1.29 is 8.81 Å². The standard InChI is InChI=1S/C13H15FN2O/c14-12-4-1-5-13(11(12)6-7-15)16-9-10-3-2-8-17-10/h1-5,8,16H,6-7,9,15H2. The number of nitrogens with two attached hydrogens (primary N) is 1. The van der Waals surface area contributed by atoms with Gasteiger partial charge in [-0.15, -0.1) is 0 Å². The summed E-state index contributed by atoms with van der Waals surface area (Å²) in [5.41, 5.74) is 6.87. The molecule has 3 N–H and O–H groups in total. The van der Waals surface area contributed by atoms with Crippen molar-refractivity contribution in [1.82, 2.24) is 0 Å². The molecule has 0 unspecified atom stereocenters. The maximum Gasteiger partial charge on any atom is 0.128 e. The zero-order valence-electron chi connectivity index (χ0n) is 9.45. The molecule has 0 amide bonds. The van der Waals surface area contributed by atoms with Crippen LogP contribution in [0.4, 0.5) is 10.1 Å². The van der Waals surface area contributed by atoms with Crippen LogP contribution < -0.4 is 11.1 Å². The van der Waals surface area contributed by atoms with Crippen LogP contribution >= 0.6 is 0 Å². The van der Waals surface area contributed by atoms with Crippen molar-refractivity contribution in [2.75, 3.05) is 11.9 Å². The molecule has 17 heavy (non-hydrogen) atoms. The summed E-state index contributed by atoms with van der Waals surface area (Å²) in [4.78, 5) is 0. The summed E-state index contributed by atoms with van der Waals surface area (Å²) in [6.45, 7) is 0.963. The third kappa shape index (κ3) is 2.85. The fourth-order valence-electron chi connectivity index (χ4n) is 1.72. The summed E-state index contributed by atoms with van der Waals surface area (Å²) in [7, 11) is 0. The van der Waals surface area contributed by atoms with Crippen molar-refractivity contribution in [3.05, 3.63) is 53.7 Å². The van der Waals surface area contributed by atoms with Crippen molar-refractivity contribution in [2.45, 2.75) is 13.0 Å². The normalized spacial score (nSPS) is 10.5. The minimum Gasteiger partial charge on any atom is -0.467 e. The monoisotopic (exact) mass is 234 g/mol. The summed E-state index contributed by atoms with van der Waals surface area (Å²) in [6, 6.07) is 8.66. The van der Waals surface area contributed by atoms with Gasteiger partial charge in [0, 0.05) is 11.3 Å². The molecule has 3 nitrogen and oxygen atoms in total. The van der Waals surface area contributed by atoms with Gasteiger partial charge < -0.3 is 15.5 Å². The minimum atomic E-state index is -0.222. The molecule has 2 aromatic rings. The van der Waals surface area contributed by atoms with E-state index >= 15 is 0 Å². The van der Waals surface area contributed by atoms with E-state index in [1.54, 1.807) is 12.3 Å². The first-order valence-electron chi connectivity index (χ1n) is 5.55. The first kappa shape index (κ1) is 11.7. The highest BCUT2D eigenvalue weighted by Gasteiger charge is 2.07. The van der Waals surface area contributed by atoms with Crippen LogP contribution in [0.2, 0.25) is 0 Å². The number of benzene rings is 1. The molecule has 1 aromatic heterocycles. The molecule has 0 aliphatic carbocycles. The molecular weight excluding hydrogens is 219 g/mol. The second-order valence-electron chi connectivity index (χ2n) is 3.74. The molecule has 90 valence electrons. The van der Waals surface area contributed by atoms with Crippen molar-refractivity contribution in [3.8, 4) is 0 Å². The molecule has 4 heteroatoms. The zero-order valence-corrected chi connectivity index (χ0v) is 9.45. The van der Waals surface area contributed by atoms with E-state index in [2.05, 4.69) is 5.32 Å². The SMILES string of the molecule is NCCc1c(F)cccc1NCc1ccco1. The molecular formula is C13H15FN2O. The van der Waals surface area contributed by atoms with E-state index in [1.165, 1.54) is 6.07 Å². The second kappa shape index (κ2) is 5.50. The van der Waals surface area contributed by atoms with Gasteiger partial charge in [-0.2, -0.15) is 0 Å². The summed E-state index contributed by atoms with van der Waals surface area (Å²) in [6.07, 6.45) is 2.14. The highest BCUT2D eigenvalue weighted by molar-refractivity contribution is 5.52. The van der Waals surface area contributed by atoms with Crippen LogP contribution in [0.5, 0.6) is 0 Å². The van der Waals surface area contributed by atoms with Crippen LogP contribution in [0.15, 0.2) is 41.0 Å². The van der Waals surface area contributed by atoms with Crippen molar-refractivity contribution in [3.63, 3.8) is 0 Å². The van der Waals surface area contributed by atoms with E-state index in [0.29, 0.717) is 25.1 Å². The lowest BCUT2D eigenvalue weighted by Crippen LogP contribution is -2.09. The maximum atomic E-state index is 13.6. The predicted molar refractivity (Wildman–Crippen MR) is 65.2 cm³/mol. The number of rotatable bonds is 5. The van der Waals surface area contributed by atoms with E-state index < -0.39 is 0 Å². The number of anilines is 1. The van der Waals surface area contributed by atoms with E-state index in [9.17, 15) is 4.39 Å². The first-order valence-corrected chi connectivity index (χ1v) is 5.55. The molecule has 0 bridgehead atoms. The average molecular weight is 234 g/mol. The van der Waals surface area contributed by atoms with Gasteiger partial charge in [0.2, 0.25) is 0 Å². The lowest BCUT2D eigenvalue weighted by Gasteiger charge is -2.11. The summed E-state index contributed by atoms with van der Waals surface area (Å²) >= 11 is 0. The number of furan rings is 1. The van der Waals surface area contributed by atoms with E-state index in [4.69, 9.17) is 10.2 Å². The maximum absolute atomic E-state index is 13.6. The van der Waals surface area contributed by atoms with E-state index in [-0.39, 0.29) is 5.82 Å².